The first-order valence-electron chi connectivity index (χ1n) is 6.53. The summed E-state index contributed by atoms with van der Waals surface area (Å²) in [6.45, 7) is 0. The first-order chi connectivity index (χ1) is 9.04. The van der Waals surface area contributed by atoms with E-state index in [1.807, 2.05) is 0 Å². The summed E-state index contributed by atoms with van der Waals surface area (Å²) in [7, 11) is 0. The van der Waals surface area contributed by atoms with Gasteiger partial charge in [0.2, 0.25) is 5.91 Å². The van der Waals surface area contributed by atoms with Crippen molar-refractivity contribution in [3.63, 3.8) is 0 Å². The Morgan fingerprint density at radius 3 is 2.53 bits per heavy atom. The second kappa shape index (κ2) is 6.10. The fourth-order valence-corrected chi connectivity index (χ4v) is 2.38. The zero-order valence-corrected chi connectivity index (χ0v) is 10.7. The van der Waals surface area contributed by atoms with Gasteiger partial charge in [-0.25, -0.2) is 8.78 Å². The summed E-state index contributed by atoms with van der Waals surface area (Å²) in [6.07, 6.45) is 3.65. The molecule has 1 saturated carbocycles. The fraction of sp³-hybridized carbons (Fsp3) is 0.500. The van der Waals surface area contributed by atoms with Crippen molar-refractivity contribution < 1.29 is 13.6 Å². The Hall–Kier alpha value is -1.49. The van der Waals surface area contributed by atoms with Crippen LogP contribution < -0.4 is 11.1 Å². The second-order valence-electron chi connectivity index (χ2n) is 5.10. The predicted molar refractivity (Wildman–Crippen MR) is 68.4 cm³/mol. The number of amides is 1. The van der Waals surface area contributed by atoms with E-state index < -0.39 is 11.6 Å². The molecule has 1 fully saturated rings. The average molecular weight is 268 g/mol. The number of rotatable bonds is 3. The standard InChI is InChI=1S/C14H18F2N2O/c15-12-6-1-9(7-13(12)16)8-14(19)18-11-4-2-10(17)3-5-11/h1,6-7,10-11H,2-5,8,17H2,(H,18,19). The predicted octanol–water partition coefficient (Wildman–Crippen LogP) is 1.89. The van der Waals surface area contributed by atoms with E-state index in [2.05, 4.69) is 5.32 Å². The fourth-order valence-electron chi connectivity index (χ4n) is 2.38. The van der Waals surface area contributed by atoms with Crippen LogP contribution in [-0.4, -0.2) is 18.0 Å². The average Bonchev–Trinajstić information content (AvgIpc) is 2.37. The number of benzene rings is 1. The third kappa shape index (κ3) is 3.99. The summed E-state index contributed by atoms with van der Waals surface area (Å²) in [6, 6.07) is 3.91. The van der Waals surface area contributed by atoms with E-state index in [1.54, 1.807) is 0 Å². The van der Waals surface area contributed by atoms with Crippen molar-refractivity contribution in [2.45, 2.75) is 44.2 Å². The third-order valence-corrected chi connectivity index (χ3v) is 3.49. The van der Waals surface area contributed by atoms with E-state index in [9.17, 15) is 13.6 Å². The monoisotopic (exact) mass is 268 g/mol. The molecule has 3 nitrogen and oxygen atoms in total. The summed E-state index contributed by atoms with van der Waals surface area (Å²) < 4.78 is 25.8. The van der Waals surface area contributed by atoms with Crippen LogP contribution in [0.5, 0.6) is 0 Å². The lowest BCUT2D eigenvalue weighted by molar-refractivity contribution is -0.121. The molecule has 0 atom stereocenters. The zero-order chi connectivity index (χ0) is 13.8. The Kier molecular flexibility index (Phi) is 4.47. The molecule has 3 N–H and O–H groups in total. The Labute approximate surface area is 111 Å². The van der Waals surface area contributed by atoms with Crippen LogP contribution in [0.1, 0.15) is 31.2 Å². The topological polar surface area (TPSA) is 55.1 Å². The van der Waals surface area contributed by atoms with E-state index >= 15 is 0 Å². The molecule has 0 aromatic heterocycles. The largest absolute Gasteiger partial charge is 0.353 e. The van der Waals surface area contributed by atoms with Gasteiger partial charge >= 0.3 is 0 Å². The summed E-state index contributed by atoms with van der Waals surface area (Å²) in [4.78, 5) is 11.8. The Morgan fingerprint density at radius 1 is 1.21 bits per heavy atom. The van der Waals surface area contributed by atoms with Gasteiger partial charge in [-0.15, -0.1) is 0 Å². The summed E-state index contributed by atoms with van der Waals surface area (Å²) in [5.74, 6) is -1.98. The van der Waals surface area contributed by atoms with Crippen molar-refractivity contribution in [1.82, 2.24) is 5.32 Å². The molecule has 1 amide bonds. The molecule has 0 heterocycles. The van der Waals surface area contributed by atoms with E-state index in [4.69, 9.17) is 5.73 Å². The first-order valence-corrected chi connectivity index (χ1v) is 6.53. The van der Waals surface area contributed by atoms with Crippen molar-refractivity contribution in [2.24, 2.45) is 5.73 Å². The van der Waals surface area contributed by atoms with Crippen LogP contribution in [0.25, 0.3) is 0 Å². The molecule has 0 aliphatic heterocycles. The summed E-state index contributed by atoms with van der Waals surface area (Å²) >= 11 is 0. The molecule has 0 unspecified atom stereocenters. The number of halogens is 2. The molecule has 1 aromatic carbocycles. The number of hydrogen-bond acceptors (Lipinski definition) is 2. The van der Waals surface area contributed by atoms with Gasteiger partial charge in [-0.3, -0.25) is 4.79 Å². The molecular formula is C14H18F2N2O. The maximum Gasteiger partial charge on any atom is 0.224 e. The number of hydrogen-bond donors (Lipinski definition) is 2. The highest BCUT2D eigenvalue weighted by Crippen LogP contribution is 2.17. The summed E-state index contributed by atoms with van der Waals surface area (Å²) in [5, 5.41) is 2.91. The van der Waals surface area contributed by atoms with Gasteiger partial charge in [-0.2, -0.15) is 0 Å². The normalized spacial score (nSPS) is 23.1. The molecule has 0 spiro atoms. The second-order valence-corrected chi connectivity index (χ2v) is 5.10. The maximum atomic E-state index is 13.0. The number of carbonyl (C=O) groups excluding carboxylic acids is 1. The number of nitrogens with two attached hydrogens (primary N) is 1. The molecular weight excluding hydrogens is 250 g/mol. The molecule has 1 aliphatic carbocycles. The Morgan fingerprint density at radius 2 is 1.89 bits per heavy atom. The van der Waals surface area contributed by atoms with E-state index in [0.717, 1.165) is 37.8 Å². The van der Waals surface area contributed by atoms with Crippen LogP contribution in [0.3, 0.4) is 0 Å². The molecule has 0 bridgehead atoms. The quantitative estimate of drug-likeness (QED) is 0.879. The number of carbonyl (C=O) groups is 1. The van der Waals surface area contributed by atoms with Gasteiger partial charge in [0.25, 0.3) is 0 Å². The van der Waals surface area contributed by atoms with Crippen molar-refractivity contribution in [3.8, 4) is 0 Å². The molecule has 1 aliphatic rings. The van der Waals surface area contributed by atoms with Crippen molar-refractivity contribution >= 4 is 5.91 Å². The van der Waals surface area contributed by atoms with Crippen LogP contribution in [0, 0.1) is 11.6 Å². The lowest BCUT2D eigenvalue weighted by Crippen LogP contribution is -2.41. The van der Waals surface area contributed by atoms with Gasteiger partial charge in [-0.05, 0) is 43.4 Å². The van der Waals surface area contributed by atoms with Gasteiger partial charge in [-0.1, -0.05) is 6.07 Å². The molecule has 0 saturated heterocycles. The van der Waals surface area contributed by atoms with Crippen molar-refractivity contribution in [2.75, 3.05) is 0 Å². The van der Waals surface area contributed by atoms with E-state index in [1.165, 1.54) is 6.07 Å². The van der Waals surface area contributed by atoms with Crippen molar-refractivity contribution in [3.05, 3.63) is 35.4 Å². The third-order valence-electron chi connectivity index (χ3n) is 3.49. The molecule has 1 aromatic rings. The minimum Gasteiger partial charge on any atom is -0.353 e. The van der Waals surface area contributed by atoms with E-state index in [0.29, 0.717) is 5.56 Å². The van der Waals surface area contributed by atoms with Crippen molar-refractivity contribution in [1.29, 1.82) is 0 Å². The highest BCUT2D eigenvalue weighted by atomic mass is 19.2. The lowest BCUT2D eigenvalue weighted by atomic mass is 9.91. The highest BCUT2D eigenvalue weighted by Gasteiger charge is 2.20. The first kappa shape index (κ1) is 13.9. The summed E-state index contributed by atoms with van der Waals surface area (Å²) in [5.41, 5.74) is 6.27. The number of nitrogens with one attached hydrogen (secondary N) is 1. The van der Waals surface area contributed by atoms with Gasteiger partial charge in [0.05, 0.1) is 6.42 Å². The highest BCUT2D eigenvalue weighted by molar-refractivity contribution is 5.78. The molecule has 19 heavy (non-hydrogen) atoms. The van der Waals surface area contributed by atoms with Gasteiger partial charge in [0.15, 0.2) is 11.6 Å². The van der Waals surface area contributed by atoms with Crippen LogP contribution in [0.15, 0.2) is 18.2 Å². The van der Waals surface area contributed by atoms with Crippen LogP contribution in [0.4, 0.5) is 8.78 Å². The van der Waals surface area contributed by atoms with Gasteiger partial charge < -0.3 is 11.1 Å². The minimum atomic E-state index is -0.922. The Bertz CT molecular complexity index is 457. The molecule has 0 radical (unpaired) electrons. The smallest absolute Gasteiger partial charge is 0.224 e. The molecule has 5 heteroatoms. The lowest BCUT2D eigenvalue weighted by Gasteiger charge is -2.26. The molecule has 104 valence electrons. The van der Waals surface area contributed by atoms with Crippen LogP contribution in [0.2, 0.25) is 0 Å². The van der Waals surface area contributed by atoms with Crippen LogP contribution >= 0.6 is 0 Å². The SMILES string of the molecule is NC1CCC(NC(=O)Cc2ccc(F)c(F)c2)CC1. The molecule has 2 rings (SSSR count). The minimum absolute atomic E-state index is 0.0692. The Balaban J connectivity index is 1.85. The zero-order valence-electron chi connectivity index (χ0n) is 10.7. The van der Waals surface area contributed by atoms with E-state index in [-0.39, 0.29) is 24.4 Å². The van der Waals surface area contributed by atoms with Crippen LogP contribution in [-0.2, 0) is 11.2 Å². The van der Waals surface area contributed by atoms with Gasteiger partial charge in [0, 0.05) is 12.1 Å². The van der Waals surface area contributed by atoms with Gasteiger partial charge in [0.1, 0.15) is 0 Å². The maximum absolute atomic E-state index is 13.0.